The van der Waals surface area contributed by atoms with Crippen molar-refractivity contribution in [3.63, 3.8) is 0 Å². The molecule has 2 atom stereocenters. The molecule has 0 spiro atoms. The molecule has 0 aromatic heterocycles. The van der Waals surface area contributed by atoms with Gasteiger partial charge in [-0.1, -0.05) is 48.5 Å². The molecule has 2 amide bonds. The van der Waals surface area contributed by atoms with Crippen molar-refractivity contribution in [2.45, 2.75) is 42.9 Å². The molecule has 1 aliphatic heterocycles. The van der Waals surface area contributed by atoms with Gasteiger partial charge in [0.1, 0.15) is 18.2 Å². The standard InChI is InChI=1S/C24H24N2O6/c27-14-11-20(21(28)29)26(12-14)22(30)24(9-10-24)25-23(31)32-13-19-17-7-3-1-5-15(17)16-6-2-4-8-18(16)19/h1-8,14,19-20,27H,9-13H2,(H,25,31)(H,28,29)/t14-,20+/m1/s1. The largest absolute Gasteiger partial charge is 0.480 e. The molecule has 1 heterocycles. The van der Waals surface area contributed by atoms with Crippen molar-refractivity contribution in [1.82, 2.24) is 10.2 Å². The third-order valence-electron chi connectivity index (χ3n) is 6.67. The predicted octanol–water partition coefficient (Wildman–Crippen LogP) is 2.10. The molecule has 8 heteroatoms. The minimum atomic E-state index is -1.16. The van der Waals surface area contributed by atoms with Gasteiger partial charge in [0.05, 0.1) is 6.10 Å². The van der Waals surface area contributed by atoms with Crippen LogP contribution in [0.25, 0.3) is 11.1 Å². The van der Waals surface area contributed by atoms with E-state index in [-0.39, 0.29) is 25.5 Å². The van der Waals surface area contributed by atoms with Gasteiger partial charge in [0.2, 0.25) is 5.91 Å². The summed E-state index contributed by atoms with van der Waals surface area (Å²) in [6.07, 6.45) is -0.777. The van der Waals surface area contributed by atoms with E-state index in [1.165, 1.54) is 0 Å². The van der Waals surface area contributed by atoms with Crippen molar-refractivity contribution in [2.75, 3.05) is 13.2 Å². The SMILES string of the molecule is O=C(NC1(C(=O)N2C[C@H](O)C[C@H]2C(=O)O)CC1)OCC1c2ccccc2-c2ccccc21. The lowest BCUT2D eigenvalue weighted by molar-refractivity contribution is -0.149. The number of carboxylic acid groups (broad SMARTS) is 1. The second-order valence-electron chi connectivity index (χ2n) is 8.73. The smallest absolute Gasteiger partial charge is 0.408 e. The number of rotatable bonds is 5. The maximum absolute atomic E-state index is 13.0. The number of amides is 2. The summed E-state index contributed by atoms with van der Waals surface area (Å²) in [6.45, 7) is 0.0776. The van der Waals surface area contributed by atoms with Crippen molar-refractivity contribution in [1.29, 1.82) is 0 Å². The molecule has 2 fully saturated rings. The van der Waals surface area contributed by atoms with Crippen LogP contribution in [0.3, 0.4) is 0 Å². The number of ether oxygens (including phenoxy) is 1. The van der Waals surface area contributed by atoms with Crippen LogP contribution < -0.4 is 5.32 Å². The summed E-state index contributed by atoms with van der Waals surface area (Å²) in [5.41, 5.74) is 3.28. The molecule has 32 heavy (non-hydrogen) atoms. The lowest BCUT2D eigenvalue weighted by Gasteiger charge is -2.27. The van der Waals surface area contributed by atoms with Crippen LogP contribution in [0.1, 0.15) is 36.3 Å². The summed E-state index contributed by atoms with van der Waals surface area (Å²) in [6, 6.07) is 14.9. The minimum absolute atomic E-state index is 0.0118. The third kappa shape index (κ3) is 3.40. The van der Waals surface area contributed by atoms with Gasteiger partial charge in [-0.3, -0.25) is 4.79 Å². The predicted molar refractivity (Wildman–Crippen MR) is 114 cm³/mol. The van der Waals surface area contributed by atoms with Crippen molar-refractivity contribution in [3.8, 4) is 11.1 Å². The number of carbonyl (C=O) groups excluding carboxylic acids is 2. The van der Waals surface area contributed by atoms with E-state index < -0.39 is 35.7 Å². The summed E-state index contributed by atoms with van der Waals surface area (Å²) in [4.78, 5) is 38.2. The Balaban J connectivity index is 1.26. The second-order valence-corrected chi connectivity index (χ2v) is 8.73. The van der Waals surface area contributed by atoms with Crippen LogP contribution in [0.4, 0.5) is 4.79 Å². The number of alkyl carbamates (subject to hydrolysis) is 1. The highest BCUT2D eigenvalue weighted by molar-refractivity contribution is 5.95. The van der Waals surface area contributed by atoms with Crippen LogP contribution in [-0.2, 0) is 14.3 Å². The van der Waals surface area contributed by atoms with Crippen LogP contribution >= 0.6 is 0 Å². The van der Waals surface area contributed by atoms with Gasteiger partial charge in [0, 0.05) is 18.9 Å². The molecular formula is C24H24N2O6. The third-order valence-corrected chi connectivity index (χ3v) is 6.67. The fraction of sp³-hybridized carbons (Fsp3) is 0.375. The summed E-state index contributed by atoms with van der Waals surface area (Å²) in [7, 11) is 0. The van der Waals surface area contributed by atoms with Crippen LogP contribution in [0.2, 0.25) is 0 Å². The van der Waals surface area contributed by atoms with Gasteiger partial charge in [-0.25, -0.2) is 9.59 Å². The second kappa shape index (κ2) is 7.63. The van der Waals surface area contributed by atoms with E-state index in [9.17, 15) is 24.6 Å². The Bertz CT molecular complexity index is 1050. The van der Waals surface area contributed by atoms with E-state index >= 15 is 0 Å². The number of aliphatic hydroxyl groups excluding tert-OH is 1. The molecule has 0 unspecified atom stereocenters. The van der Waals surface area contributed by atoms with Crippen molar-refractivity contribution < 1.29 is 29.3 Å². The van der Waals surface area contributed by atoms with Crippen LogP contribution in [-0.4, -0.2) is 63.9 Å². The van der Waals surface area contributed by atoms with Crippen molar-refractivity contribution in [3.05, 3.63) is 59.7 Å². The monoisotopic (exact) mass is 436 g/mol. The molecule has 3 aliphatic rings. The molecular weight excluding hydrogens is 412 g/mol. The first-order valence-electron chi connectivity index (χ1n) is 10.7. The first-order chi connectivity index (χ1) is 15.4. The molecule has 8 nitrogen and oxygen atoms in total. The van der Waals surface area contributed by atoms with E-state index in [4.69, 9.17) is 4.74 Å². The van der Waals surface area contributed by atoms with Crippen molar-refractivity contribution >= 4 is 18.0 Å². The quantitative estimate of drug-likeness (QED) is 0.661. The first kappa shape index (κ1) is 20.5. The molecule has 2 aliphatic carbocycles. The number of nitrogens with one attached hydrogen (secondary N) is 1. The summed E-state index contributed by atoms with van der Waals surface area (Å²) in [5, 5.41) is 21.9. The molecule has 3 N–H and O–H groups in total. The number of benzene rings is 2. The van der Waals surface area contributed by atoms with Gasteiger partial charge >= 0.3 is 12.1 Å². The maximum Gasteiger partial charge on any atom is 0.408 e. The minimum Gasteiger partial charge on any atom is -0.480 e. The van der Waals surface area contributed by atoms with E-state index in [0.29, 0.717) is 12.8 Å². The average Bonchev–Trinajstić information content (AvgIpc) is 3.34. The number of fused-ring (bicyclic) bond motifs is 3. The van der Waals surface area contributed by atoms with Crippen molar-refractivity contribution in [2.24, 2.45) is 0 Å². The lowest BCUT2D eigenvalue weighted by Crippen LogP contribution is -2.53. The van der Waals surface area contributed by atoms with Gasteiger partial charge in [-0.2, -0.15) is 0 Å². The number of β-amino-alcohol motifs (C(OH)–C–C–N with tert-alkyl or cyclic N) is 1. The van der Waals surface area contributed by atoms with E-state index in [1.54, 1.807) is 0 Å². The van der Waals surface area contributed by atoms with Gasteiger partial charge in [0.25, 0.3) is 0 Å². The highest BCUT2D eigenvalue weighted by atomic mass is 16.5. The summed E-state index contributed by atoms with van der Waals surface area (Å²) < 4.78 is 5.54. The zero-order valence-electron chi connectivity index (χ0n) is 17.4. The summed E-state index contributed by atoms with van der Waals surface area (Å²) >= 11 is 0. The maximum atomic E-state index is 13.0. The first-order valence-corrected chi connectivity index (χ1v) is 10.7. The molecule has 166 valence electrons. The van der Waals surface area contributed by atoms with Crippen LogP contribution in [0.5, 0.6) is 0 Å². The zero-order valence-corrected chi connectivity index (χ0v) is 17.4. The van der Waals surface area contributed by atoms with Crippen LogP contribution in [0, 0.1) is 0 Å². The summed E-state index contributed by atoms with van der Waals surface area (Å²) in [5.74, 6) is -1.73. The Kier molecular flexibility index (Phi) is 4.89. The number of hydrogen-bond donors (Lipinski definition) is 3. The molecule has 5 rings (SSSR count). The number of aliphatic carboxylic acids is 1. The Labute approximate surface area is 184 Å². The Hall–Kier alpha value is -3.39. The highest BCUT2D eigenvalue weighted by Crippen LogP contribution is 2.44. The fourth-order valence-electron chi connectivity index (χ4n) is 4.89. The fourth-order valence-corrected chi connectivity index (χ4v) is 4.89. The lowest BCUT2D eigenvalue weighted by atomic mass is 9.98. The van der Waals surface area contributed by atoms with Gasteiger partial charge in [-0.15, -0.1) is 0 Å². The molecule has 2 aromatic carbocycles. The van der Waals surface area contributed by atoms with Gasteiger partial charge in [0.15, 0.2) is 0 Å². The number of likely N-dealkylation sites (tertiary alicyclic amines) is 1. The molecule has 2 aromatic rings. The van der Waals surface area contributed by atoms with E-state index in [0.717, 1.165) is 27.2 Å². The Morgan fingerprint density at radius 3 is 2.19 bits per heavy atom. The number of aliphatic hydroxyl groups is 1. The van der Waals surface area contributed by atoms with Crippen LogP contribution in [0.15, 0.2) is 48.5 Å². The van der Waals surface area contributed by atoms with Gasteiger partial charge in [-0.05, 0) is 35.1 Å². The Morgan fingerprint density at radius 2 is 1.62 bits per heavy atom. The van der Waals surface area contributed by atoms with E-state index in [2.05, 4.69) is 17.4 Å². The van der Waals surface area contributed by atoms with Gasteiger partial charge < -0.3 is 25.2 Å². The normalized spacial score (nSPS) is 22.7. The Morgan fingerprint density at radius 1 is 1.03 bits per heavy atom. The molecule has 1 saturated heterocycles. The topological polar surface area (TPSA) is 116 Å². The number of hydrogen-bond acceptors (Lipinski definition) is 5. The molecule has 0 bridgehead atoms. The highest BCUT2D eigenvalue weighted by Gasteiger charge is 2.56. The molecule has 0 radical (unpaired) electrons. The number of nitrogens with zero attached hydrogens (tertiary/aromatic N) is 1. The molecule has 1 saturated carbocycles. The average molecular weight is 436 g/mol. The number of carboxylic acids is 1. The zero-order chi connectivity index (χ0) is 22.5. The number of carbonyl (C=O) groups is 3. The van der Waals surface area contributed by atoms with E-state index in [1.807, 2.05) is 36.4 Å².